The van der Waals surface area contributed by atoms with Crippen LogP contribution in [0.2, 0.25) is 0 Å². The molecule has 5 rings (SSSR count). The van der Waals surface area contributed by atoms with E-state index in [1.54, 1.807) is 41.6 Å². The number of alkyl halides is 3. The zero-order chi connectivity index (χ0) is 27.4. The molecule has 0 aliphatic carbocycles. The van der Waals surface area contributed by atoms with E-state index in [0.717, 1.165) is 34.5 Å². The number of halogens is 3. The van der Waals surface area contributed by atoms with E-state index in [-0.39, 0.29) is 0 Å². The SMILES string of the molecule is Cc1cc(-c2cncc3c2cnn3C)ncc1-n1c(=O)n(CC(=O)N[C@@H](C)C(F)(F)F)c2cccc(C)c21. The molecule has 1 N–H and O–H groups in total. The molecule has 0 unspecified atom stereocenters. The molecule has 5 aromatic rings. The quantitative estimate of drug-likeness (QED) is 0.378. The van der Waals surface area contributed by atoms with Gasteiger partial charge in [0.25, 0.3) is 0 Å². The second kappa shape index (κ2) is 9.12. The highest BCUT2D eigenvalue weighted by Gasteiger charge is 2.37. The van der Waals surface area contributed by atoms with E-state index < -0.39 is 30.4 Å². The highest BCUT2D eigenvalue weighted by molar-refractivity contribution is 5.93. The number of aromatic nitrogens is 6. The molecule has 4 aromatic heterocycles. The van der Waals surface area contributed by atoms with Crippen LogP contribution in [0.15, 0.2) is 53.8 Å². The maximum atomic E-state index is 13.6. The van der Waals surface area contributed by atoms with Crippen molar-refractivity contribution in [2.45, 2.75) is 39.5 Å². The predicted molar refractivity (Wildman–Crippen MR) is 136 cm³/mol. The third-order valence-electron chi connectivity index (χ3n) is 6.60. The number of amides is 1. The van der Waals surface area contributed by atoms with Gasteiger partial charge in [0.15, 0.2) is 0 Å². The van der Waals surface area contributed by atoms with Gasteiger partial charge in [-0.15, -0.1) is 0 Å². The van der Waals surface area contributed by atoms with Gasteiger partial charge >= 0.3 is 11.9 Å². The van der Waals surface area contributed by atoms with Crippen molar-refractivity contribution in [3.8, 4) is 16.9 Å². The van der Waals surface area contributed by atoms with Crippen LogP contribution in [0.3, 0.4) is 0 Å². The van der Waals surface area contributed by atoms with Crippen LogP contribution in [0, 0.1) is 13.8 Å². The maximum absolute atomic E-state index is 13.6. The number of carbonyl (C=O) groups excluding carboxylic acids is 1. The Morgan fingerprint density at radius 1 is 1.08 bits per heavy atom. The van der Waals surface area contributed by atoms with Crippen LogP contribution >= 0.6 is 0 Å². The molecule has 9 nitrogen and oxygen atoms in total. The Labute approximate surface area is 214 Å². The van der Waals surface area contributed by atoms with Crippen LogP contribution in [0.25, 0.3) is 38.9 Å². The number of fused-ring (bicyclic) bond motifs is 2. The number of imidazole rings is 1. The number of aryl methyl sites for hydroxylation is 3. The second-order valence-electron chi connectivity index (χ2n) is 9.22. The first-order valence-electron chi connectivity index (χ1n) is 11.8. The summed E-state index contributed by atoms with van der Waals surface area (Å²) >= 11 is 0. The van der Waals surface area contributed by atoms with Crippen molar-refractivity contribution in [1.29, 1.82) is 0 Å². The lowest BCUT2D eigenvalue weighted by molar-refractivity contribution is -0.158. The van der Waals surface area contributed by atoms with E-state index in [4.69, 9.17) is 0 Å². The van der Waals surface area contributed by atoms with E-state index in [0.29, 0.717) is 22.4 Å². The fourth-order valence-corrected chi connectivity index (χ4v) is 4.55. The number of benzene rings is 1. The summed E-state index contributed by atoms with van der Waals surface area (Å²) in [6.45, 7) is 3.95. The zero-order valence-electron chi connectivity index (χ0n) is 21.0. The minimum atomic E-state index is -4.59. The lowest BCUT2D eigenvalue weighted by atomic mass is 10.1. The third-order valence-corrected chi connectivity index (χ3v) is 6.60. The Balaban J connectivity index is 1.60. The van der Waals surface area contributed by atoms with Gasteiger partial charge in [0.05, 0.1) is 46.5 Å². The standard InChI is InChI=1S/C26H24F3N7O2/c1-14-6-5-7-20-24(14)36(25(38)35(20)13-23(37)33-16(3)26(27,28)29)21-12-31-19(8-15(21)2)17-9-30-11-22-18(17)10-32-34(22)4/h5-12,16H,13H2,1-4H3,(H,33,37)/t16-/m0/s1. The summed E-state index contributed by atoms with van der Waals surface area (Å²) in [6, 6.07) is 5.00. The highest BCUT2D eigenvalue weighted by atomic mass is 19.4. The molecule has 196 valence electrons. The third kappa shape index (κ3) is 4.21. The molecule has 38 heavy (non-hydrogen) atoms. The number of carbonyl (C=O) groups is 1. The second-order valence-corrected chi connectivity index (χ2v) is 9.22. The van der Waals surface area contributed by atoms with Crippen molar-refractivity contribution < 1.29 is 18.0 Å². The van der Waals surface area contributed by atoms with Crippen LogP contribution in [0.5, 0.6) is 0 Å². The number of hydrogen-bond acceptors (Lipinski definition) is 5. The Hall–Kier alpha value is -4.48. The molecular weight excluding hydrogens is 499 g/mol. The lowest BCUT2D eigenvalue weighted by Gasteiger charge is -2.17. The van der Waals surface area contributed by atoms with Gasteiger partial charge in [0.1, 0.15) is 12.6 Å². The molecule has 0 fully saturated rings. The van der Waals surface area contributed by atoms with Crippen LogP contribution in [-0.4, -0.2) is 47.0 Å². The minimum absolute atomic E-state index is 0.428. The molecule has 0 saturated carbocycles. The molecule has 1 atom stereocenters. The molecule has 1 amide bonds. The van der Waals surface area contributed by atoms with Gasteiger partial charge in [-0.25, -0.2) is 4.79 Å². The number of pyridine rings is 2. The number of nitrogens with zero attached hydrogens (tertiary/aromatic N) is 6. The van der Waals surface area contributed by atoms with Gasteiger partial charge in [-0.1, -0.05) is 12.1 Å². The molecule has 0 saturated heterocycles. The van der Waals surface area contributed by atoms with E-state index >= 15 is 0 Å². The van der Waals surface area contributed by atoms with Crippen molar-refractivity contribution in [2.24, 2.45) is 7.05 Å². The molecule has 0 bridgehead atoms. The van der Waals surface area contributed by atoms with Crippen molar-refractivity contribution in [1.82, 2.24) is 34.2 Å². The summed E-state index contributed by atoms with van der Waals surface area (Å²) in [7, 11) is 1.82. The molecule has 12 heteroatoms. The van der Waals surface area contributed by atoms with Gasteiger partial charge < -0.3 is 5.32 Å². The van der Waals surface area contributed by atoms with Crippen LogP contribution in [-0.2, 0) is 18.4 Å². The maximum Gasteiger partial charge on any atom is 0.408 e. The first kappa shape index (κ1) is 25.2. The van der Waals surface area contributed by atoms with Gasteiger partial charge in [-0.3, -0.25) is 28.6 Å². The van der Waals surface area contributed by atoms with Crippen molar-refractivity contribution in [3.63, 3.8) is 0 Å². The molecule has 0 spiro atoms. The fraction of sp³-hybridized carbons (Fsp3) is 0.269. The summed E-state index contributed by atoms with van der Waals surface area (Å²) in [5.74, 6) is -0.917. The summed E-state index contributed by atoms with van der Waals surface area (Å²) in [5.41, 5.74) is 4.67. The van der Waals surface area contributed by atoms with Gasteiger partial charge in [0.2, 0.25) is 5.91 Å². The van der Waals surface area contributed by atoms with E-state index in [2.05, 4.69) is 15.1 Å². The molecule has 0 aliphatic rings. The van der Waals surface area contributed by atoms with Crippen molar-refractivity contribution in [2.75, 3.05) is 0 Å². The van der Waals surface area contributed by atoms with E-state index in [1.807, 2.05) is 38.3 Å². The van der Waals surface area contributed by atoms with Crippen molar-refractivity contribution in [3.05, 3.63) is 70.7 Å². The first-order chi connectivity index (χ1) is 18.0. The molecule has 1 aromatic carbocycles. The largest absolute Gasteiger partial charge is 0.408 e. The summed E-state index contributed by atoms with van der Waals surface area (Å²) in [5, 5.41) is 7.09. The van der Waals surface area contributed by atoms with Crippen molar-refractivity contribution >= 4 is 27.8 Å². The number of nitrogens with one attached hydrogen (secondary N) is 1. The van der Waals surface area contributed by atoms with Gasteiger partial charge in [-0.2, -0.15) is 18.3 Å². The number of para-hydroxylation sites is 1. The average molecular weight is 524 g/mol. The average Bonchev–Trinajstić information content (AvgIpc) is 3.37. The topological polar surface area (TPSA) is 99.6 Å². The number of hydrogen-bond donors (Lipinski definition) is 1. The van der Waals surface area contributed by atoms with Crippen LogP contribution in [0.4, 0.5) is 13.2 Å². The molecule has 0 radical (unpaired) electrons. The Bertz CT molecular complexity index is 1760. The predicted octanol–water partition coefficient (Wildman–Crippen LogP) is 3.82. The van der Waals surface area contributed by atoms with Gasteiger partial charge in [0, 0.05) is 24.2 Å². The van der Waals surface area contributed by atoms with Crippen LogP contribution in [0.1, 0.15) is 18.1 Å². The highest BCUT2D eigenvalue weighted by Crippen LogP contribution is 2.29. The number of rotatable bonds is 5. The minimum Gasteiger partial charge on any atom is -0.343 e. The van der Waals surface area contributed by atoms with E-state index in [1.165, 1.54) is 9.13 Å². The lowest BCUT2D eigenvalue weighted by Crippen LogP contribution is -2.45. The first-order valence-corrected chi connectivity index (χ1v) is 11.8. The normalized spacial score (nSPS) is 12.8. The van der Waals surface area contributed by atoms with E-state index in [9.17, 15) is 22.8 Å². The fourth-order valence-electron chi connectivity index (χ4n) is 4.55. The van der Waals surface area contributed by atoms with Gasteiger partial charge in [-0.05, 0) is 44.0 Å². The Morgan fingerprint density at radius 2 is 1.84 bits per heavy atom. The summed E-state index contributed by atoms with van der Waals surface area (Å²) in [6.07, 6.45) is 2.14. The summed E-state index contributed by atoms with van der Waals surface area (Å²) < 4.78 is 43.2. The molecule has 4 heterocycles. The summed E-state index contributed by atoms with van der Waals surface area (Å²) in [4.78, 5) is 35.0. The van der Waals surface area contributed by atoms with Crippen LogP contribution < -0.4 is 11.0 Å². The Morgan fingerprint density at radius 3 is 2.55 bits per heavy atom. The Kier molecular flexibility index (Phi) is 6.04. The molecular formula is C26H24F3N7O2. The monoisotopic (exact) mass is 523 g/mol. The molecule has 0 aliphatic heterocycles. The zero-order valence-corrected chi connectivity index (χ0v) is 21.0. The smallest absolute Gasteiger partial charge is 0.343 e.